The number of rotatable bonds is 6. The Bertz CT molecular complexity index is 1100. The van der Waals surface area contributed by atoms with Gasteiger partial charge in [0.2, 0.25) is 11.7 Å². The number of ether oxygens (including phenoxy) is 2. The maximum Gasteiger partial charge on any atom is 0.234 e. The molecule has 3 aromatic rings. The summed E-state index contributed by atoms with van der Waals surface area (Å²) in [6, 6.07) is 3.80. The van der Waals surface area contributed by atoms with Gasteiger partial charge in [0.25, 0.3) is 0 Å². The van der Waals surface area contributed by atoms with E-state index < -0.39 is 5.67 Å². The van der Waals surface area contributed by atoms with Crippen molar-refractivity contribution in [3.8, 4) is 11.5 Å². The molecule has 9 nitrogen and oxygen atoms in total. The second-order valence-corrected chi connectivity index (χ2v) is 8.03. The van der Waals surface area contributed by atoms with Crippen LogP contribution < -0.4 is 14.8 Å². The Balaban J connectivity index is 0.000000491. The number of hydrogen-bond donors (Lipinski definition) is 1. The van der Waals surface area contributed by atoms with E-state index in [-0.39, 0.29) is 0 Å². The Hall–Kier alpha value is -3.26. The molecular weight excluding hydrogens is 403 g/mol. The first-order chi connectivity index (χ1) is 14.8. The fraction of sp³-hybridized carbons (Fsp3) is 0.524. The molecule has 1 aromatic carbocycles. The van der Waals surface area contributed by atoms with Gasteiger partial charge in [-0.05, 0) is 40.5 Å². The molecule has 1 aliphatic rings. The van der Waals surface area contributed by atoms with E-state index in [1.165, 1.54) is 20.8 Å². The largest absolute Gasteiger partial charge is 0.486 e. The number of anilines is 1. The Labute approximate surface area is 179 Å². The number of nitrogens with one attached hydrogen (secondary N) is 1. The highest BCUT2D eigenvalue weighted by Crippen LogP contribution is 2.35. The Morgan fingerprint density at radius 1 is 1.19 bits per heavy atom. The number of fused-ring (bicyclic) bond motifs is 4. The van der Waals surface area contributed by atoms with Gasteiger partial charge < -0.3 is 14.8 Å². The monoisotopic (exact) mass is 430 g/mol. The molecule has 0 spiro atoms. The molecule has 0 saturated carbocycles. The highest BCUT2D eigenvalue weighted by molar-refractivity contribution is 5.86. The summed E-state index contributed by atoms with van der Waals surface area (Å²) in [6.07, 6.45) is 3.20. The zero-order valence-electron chi connectivity index (χ0n) is 18.2. The van der Waals surface area contributed by atoms with E-state index in [0.29, 0.717) is 49.3 Å². The summed E-state index contributed by atoms with van der Waals surface area (Å²) in [5.74, 6) is 2.83. The third kappa shape index (κ3) is 5.88. The van der Waals surface area contributed by atoms with Gasteiger partial charge in [-0.2, -0.15) is 0 Å². The minimum Gasteiger partial charge on any atom is -0.486 e. The van der Waals surface area contributed by atoms with E-state index in [9.17, 15) is 9.18 Å². The molecule has 0 amide bonds. The van der Waals surface area contributed by atoms with Crippen LogP contribution in [0.2, 0.25) is 0 Å². The van der Waals surface area contributed by atoms with Gasteiger partial charge in [-0.3, -0.25) is 4.40 Å². The van der Waals surface area contributed by atoms with Crippen LogP contribution in [0, 0.1) is 6.92 Å². The van der Waals surface area contributed by atoms with Gasteiger partial charge in [0.1, 0.15) is 24.7 Å². The maximum atomic E-state index is 11.7. The molecular formula is C21H27FN6O3. The van der Waals surface area contributed by atoms with Crippen LogP contribution in [-0.2, 0) is 4.79 Å². The summed E-state index contributed by atoms with van der Waals surface area (Å²) < 4.78 is 25.0. The SMILES string of the molecule is CC(C)(C)F.Cc1nnc2c(NCCCCN=C=O)nc3cc4c(cc3n12)OCCO4. The van der Waals surface area contributed by atoms with Gasteiger partial charge in [-0.1, -0.05) is 0 Å². The zero-order valence-corrected chi connectivity index (χ0v) is 18.2. The minimum absolute atomic E-state index is 0.485. The van der Waals surface area contributed by atoms with E-state index in [2.05, 4.69) is 20.5 Å². The van der Waals surface area contributed by atoms with Crippen LogP contribution in [0.1, 0.15) is 39.4 Å². The number of unbranched alkanes of at least 4 members (excludes halogenated alkanes) is 1. The molecule has 0 radical (unpaired) electrons. The Morgan fingerprint density at radius 2 is 1.87 bits per heavy atom. The fourth-order valence-electron chi connectivity index (χ4n) is 3.00. The number of hydrogen-bond acceptors (Lipinski definition) is 8. The third-order valence-corrected chi connectivity index (χ3v) is 4.20. The average molecular weight is 430 g/mol. The Kier molecular flexibility index (Phi) is 7.02. The summed E-state index contributed by atoms with van der Waals surface area (Å²) in [6.45, 7) is 8.70. The molecule has 0 atom stereocenters. The number of benzene rings is 1. The normalized spacial score (nSPS) is 12.8. The van der Waals surface area contributed by atoms with E-state index in [4.69, 9.17) is 14.5 Å². The molecule has 0 saturated heterocycles. The van der Waals surface area contributed by atoms with Gasteiger partial charge in [0, 0.05) is 18.7 Å². The van der Waals surface area contributed by atoms with E-state index in [1.54, 1.807) is 6.08 Å². The van der Waals surface area contributed by atoms with Gasteiger partial charge in [-0.25, -0.2) is 19.2 Å². The second-order valence-electron chi connectivity index (χ2n) is 8.03. The lowest BCUT2D eigenvalue weighted by Crippen LogP contribution is -2.15. The highest BCUT2D eigenvalue weighted by Gasteiger charge is 2.18. The number of isocyanates is 1. The molecule has 10 heteroatoms. The number of alkyl halides is 1. The van der Waals surface area contributed by atoms with Crippen molar-refractivity contribution in [1.29, 1.82) is 0 Å². The van der Waals surface area contributed by atoms with Crippen molar-refractivity contribution in [3.63, 3.8) is 0 Å². The van der Waals surface area contributed by atoms with Crippen molar-refractivity contribution < 1.29 is 18.7 Å². The van der Waals surface area contributed by atoms with Crippen LogP contribution in [0.15, 0.2) is 17.1 Å². The quantitative estimate of drug-likeness (QED) is 0.362. The predicted molar refractivity (Wildman–Crippen MR) is 116 cm³/mol. The second kappa shape index (κ2) is 9.70. The fourth-order valence-corrected chi connectivity index (χ4v) is 3.00. The van der Waals surface area contributed by atoms with Crippen LogP contribution in [0.5, 0.6) is 11.5 Å². The van der Waals surface area contributed by atoms with Crippen LogP contribution in [0.3, 0.4) is 0 Å². The maximum absolute atomic E-state index is 11.7. The summed E-state index contributed by atoms with van der Waals surface area (Å²) in [7, 11) is 0. The summed E-state index contributed by atoms with van der Waals surface area (Å²) in [5.41, 5.74) is 1.31. The van der Waals surface area contributed by atoms with Crippen molar-refractivity contribution in [1.82, 2.24) is 19.6 Å². The molecule has 0 bridgehead atoms. The number of halogens is 1. The van der Waals surface area contributed by atoms with Crippen LogP contribution >= 0.6 is 0 Å². The molecule has 3 heterocycles. The molecule has 2 aromatic heterocycles. The highest BCUT2D eigenvalue weighted by atomic mass is 19.1. The molecule has 0 fully saturated rings. The molecule has 0 unspecified atom stereocenters. The van der Waals surface area contributed by atoms with Crippen LogP contribution in [0.25, 0.3) is 16.7 Å². The van der Waals surface area contributed by atoms with E-state index in [1.807, 2.05) is 23.5 Å². The first-order valence-corrected chi connectivity index (χ1v) is 10.2. The zero-order chi connectivity index (χ0) is 22.4. The molecule has 166 valence electrons. The van der Waals surface area contributed by atoms with Gasteiger partial charge in [0.15, 0.2) is 17.3 Å². The van der Waals surface area contributed by atoms with Crippen molar-refractivity contribution in [2.24, 2.45) is 4.99 Å². The van der Waals surface area contributed by atoms with Crippen molar-refractivity contribution in [2.45, 2.75) is 46.2 Å². The van der Waals surface area contributed by atoms with E-state index >= 15 is 0 Å². The molecule has 4 rings (SSSR count). The standard InChI is InChI=1S/C17H18N6O3.C4H9F/c1-11-21-22-17-16(19-5-3-2-4-18-10-24)20-12-8-14-15(26-7-6-25-14)9-13(12)23(11)17;1-4(2,3)5/h8-9H,2-7H2,1H3,(H,19,20);1-3H3. The molecule has 31 heavy (non-hydrogen) atoms. The van der Waals surface area contributed by atoms with Crippen molar-refractivity contribution in [2.75, 3.05) is 31.6 Å². The predicted octanol–water partition coefficient (Wildman–Crippen LogP) is 3.64. The summed E-state index contributed by atoms with van der Waals surface area (Å²) >= 11 is 0. The summed E-state index contributed by atoms with van der Waals surface area (Å²) in [4.78, 5) is 18.3. The van der Waals surface area contributed by atoms with E-state index in [0.717, 1.165) is 29.7 Å². The van der Waals surface area contributed by atoms with Gasteiger partial charge in [0.05, 0.1) is 17.6 Å². The third-order valence-electron chi connectivity index (χ3n) is 4.20. The molecule has 1 N–H and O–H groups in total. The molecule has 0 aliphatic carbocycles. The van der Waals surface area contributed by atoms with Crippen molar-refractivity contribution >= 4 is 28.6 Å². The number of aromatic nitrogens is 4. The number of nitrogens with zero attached hydrogens (tertiary/aromatic N) is 5. The number of aliphatic imine (C=N–C) groups is 1. The van der Waals surface area contributed by atoms with Gasteiger partial charge >= 0.3 is 0 Å². The molecule has 1 aliphatic heterocycles. The first kappa shape index (κ1) is 22.4. The lowest BCUT2D eigenvalue weighted by Gasteiger charge is -2.19. The lowest BCUT2D eigenvalue weighted by molar-refractivity contribution is 0.172. The number of carbonyl (C=O) groups excluding carboxylic acids is 1. The lowest BCUT2D eigenvalue weighted by atomic mass is 10.2. The number of aryl methyl sites for hydroxylation is 1. The smallest absolute Gasteiger partial charge is 0.234 e. The van der Waals surface area contributed by atoms with Gasteiger partial charge in [-0.15, -0.1) is 10.2 Å². The average Bonchev–Trinajstić information content (AvgIpc) is 3.10. The topological polar surface area (TPSA) is 103 Å². The first-order valence-electron chi connectivity index (χ1n) is 10.2. The van der Waals surface area contributed by atoms with Crippen molar-refractivity contribution in [3.05, 3.63) is 18.0 Å². The van der Waals surface area contributed by atoms with Crippen LogP contribution in [0.4, 0.5) is 10.2 Å². The summed E-state index contributed by atoms with van der Waals surface area (Å²) in [5, 5.41) is 11.7. The van der Waals surface area contributed by atoms with Crippen LogP contribution in [-0.4, -0.2) is 57.6 Å². The Morgan fingerprint density at radius 3 is 2.55 bits per heavy atom. The minimum atomic E-state index is -1.00.